The van der Waals surface area contributed by atoms with Crippen LogP contribution in [0.25, 0.3) is 11.3 Å². The molecule has 0 atom stereocenters. The van der Waals surface area contributed by atoms with Gasteiger partial charge >= 0.3 is 0 Å². The van der Waals surface area contributed by atoms with Crippen molar-refractivity contribution in [2.45, 2.75) is 12.8 Å². The molecule has 1 aliphatic rings. The molecule has 0 bridgehead atoms. The van der Waals surface area contributed by atoms with E-state index >= 15 is 0 Å². The van der Waals surface area contributed by atoms with Crippen molar-refractivity contribution in [1.29, 1.82) is 0 Å². The molecule has 1 saturated carbocycles. The normalized spacial score (nSPS) is 14.5. The smallest absolute Gasteiger partial charge is 0.223 e. The summed E-state index contributed by atoms with van der Waals surface area (Å²) in [4.78, 5) is 8.61. The van der Waals surface area contributed by atoms with E-state index in [0.29, 0.717) is 5.95 Å². The highest BCUT2D eigenvalue weighted by molar-refractivity contribution is 5.59. The van der Waals surface area contributed by atoms with E-state index in [2.05, 4.69) is 15.3 Å². The quantitative estimate of drug-likeness (QED) is 0.896. The molecule has 1 aromatic carbocycles. The molecular weight excluding hydrogens is 229 g/mol. The Morgan fingerprint density at radius 2 is 1.94 bits per heavy atom. The van der Waals surface area contributed by atoms with Crippen molar-refractivity contribution < 1.29 is 4.39 Å². The number of hydrogen-bond acceptors (Lipinski definition) is 3. The first-order valence-corrected chi connectivity index (χ1v) is 6.14. The molecule has 4 heteroatoms. The summed E-state index contributed by atoms with van der Waals surface area (Å²) in [5, 5.41) is 3.23. The van der Waals surface area contributed by atoms with E-state index in [-0.39, 0.29) is 5.82 Å². The van der Waals surface area contributed by atoms with Gasteiger partial charge in [-0.05, 0) is 49.1 Å². The lowest BCUT2D eigenvalue weighted by atomic mass is 10.1. The molecule has 0 radical (unpaired) electrons. The van der Waals surface area contributed by atoms with Crippen LogP contribution in [0.3, 0.4) is 0 Å². The minimum atomic E-state index is -0.236. The summed E-state index contributed by atoms with van der Waals surface area (Å²) in [6, 6.07) is 8.16. The summed E-state index contributed by atoms with van der Waals surface area (Å²) in [6.07, 6.45) is 4.32. The zero-order valence-corrected chi connectivity index (χ0v) is 9.94. The first-order chi connectivity index (χ1) is 8.81. The minimum Gasteiger partial charge on any atom is -0.354 e. The van der Waals surface area contributed by atoms with Crippen LogP contribution in [-0.4, -0.2) is 16.5 Å². The maximum absolute atomic E-state index is 12.9. The van der Waals surface area contributed by atoms with Crippen molar-refractivity contribution in [3.63, 3.8) is 0 Å². The summed E-state index contributed by atoms with van der Waals surface area (Å²) < 4.78 is 12.9. The van der Waals surface area contributed by atoms with Crippen molar-refractivity contribution in [3.05, 3.63) is 42.3 Å². The highest BCUT2D eigenvalue weighted by atomic mass is 19.1. The Balaban J connectivity index is 1.78. The number of nitrogens with one attached hydrogen (secondary N) is 1. The molecule has 1 N–H and O–H groups in total. The standard InChI is InChI=1S/C14H14FN3/c15-12-5-3-11(4-6-12)13-7-8-16-14(18-13)17-9-10-1-2-10/h3-8,10H,1-2,9H2,(H,16,17,18). The maximum Gasteiger partial charge on any atom is 0.223 e. The Morgan fingerprint density at radius 3 is 2.67 bits per heavy atom. The molecule has 18 heavy (non-hydrogen) atoms. The second kappa shape index (κ2) is 4.72. The van der Waals surface area contributed by atoms with Gasteiger partial charge in [0.15, 0.2) is 0 Å². The third-order valence-corrected chi connectivity index (χ3v) is 3.04. The molecule has 0 amide bonds. The highest BCUT2D eigenvalue weighted by Gasteiger charge is 2.20. The van der Waals surface area contributed by atoms with Gasteiger partial charge in [0.25, 0.3) is 0 Å². The van der Waals surface area contributed by atoms with Crippen LogP contribution in [0.15, 0.2) is 36.5 Å². The van der Waals surface area contributed by atoms with Crippen LogP contribution in [0, 0.1) is 11.7 Å². The van der Waals surface area contributed by atoms with Gasteiger partial charge in [0.05, 0.1) is 5.69 Å². The van der Waals surface area contributed by atoms with Gasteiger partial charge in [-0.25, -0.2) is 14.4 Å². The lowest BCUT2D eigenvalue weighted by molar-refractivity contribution is 0.628. The number of benzene rings is 1. The summed E-state index contributed by atoms with van der Waals surface area (Å²) in [5.41, 5.74) is 1.71. The summed E-state index contributed by atoms with van der Waals surface area (Å²) >= 11 is 0. The number of nitrogens with zero attached hydrogens (tertiary/aromatic N) is 2. The number of halogens is 1. The summed E-state index contributed by atoms with van der Waals surface area (Å²) in [5.74, 6) is 1.19. The number of anilines is 1. The van der Waals surface area contributed by atoms with Crippen LogP contribution in [0.2, 0.25) is 0 Å². The molecule has 1 fully saturated rings. The molecule has 2 aromatic rings. The summed E-state index contributed by atoms with van der Waals surface area (Å²) in [7, 11) is 0. The third-order valence-electron chi connectivity index (χ3n) is 3.04. The van der Waals surface area contributed by atoms with Crippen molar-refractivity contribution in [2.24, 2.45) is 5.92 Å². The molecule has 92 valence electrons. The van der Waals surface area contributed by atoms with E-state index in [4.69, 9.17) is 0 Å². The molecule has 3 rings (SSSR count). The fourth-order valence-electron chi connectivity index (χ4n) is 1.78. The average molecular weight is 243 g/mol. The fraction of sp³-hybridized carbons (Fsp3) is 0.286. The first kappa shape index (κ1) is 11.1. The van der Waals surface area contributed by atoms with Crippen LogP contribution >= 0.6 is 0 Å². The van der Waals surface area contributed by atoms with Gasteiger partial charge in [-0.3, -0.25) is 0 Å². The predicted octanol–water partition coefficient (Wildman–Crippen LogP) is 3.10. The van der Waals surface area contributed by atoms with Gasteiger partial charge in [0.2, 0.25) is 5.95 Å². The Hall–Kier alpha value is -1.97. The Morgan fingerprint density at radius 1 is 1.17 bits per heavy atom. The van der Waals surface area contributed by atoms with Crippen molar-refractivity contribution in [3.8, 4) is 11.3 Å². The van der Waals surface area contributed by atoms with E-state index in [9.17, 15) is 4.39 Å². The van der Waals surface area contributed by atoms with Crippen LogP contribution in [0.5, 0.6) is 0 Å². The zero-order valence-electron chi connectivity index (χ0n) is 9.94. The number of hydrogen-bond donors (Lipinski definition) is 1. The predicted molar refractivity (Wildman–Crippen MR) is 68.6 cm³/mol. The van der Waals surface area contributed by atoms with Crippen molar-refractivity contribution in [2.75, 3.05) is 11.9 Å². The fourth-order valence-corrected chi connectivity index (χ4v) is 1.78. The Kier molecular flexibility index (Phi) is 2.92. The lowest BCUT2D eigenvalue weighted by Gasteiger charge is -2.05. The molecule has 0 unspecified atom stereocenters. The molecular formula is C14H14FN3. The van der Waals surface area contributed by atoms with Crippen molar-refractivity contribution in [1.82, 2.24) is 9.97 Å². The molecule has 1 aromatic heterocycles. The molecule has 1 aliphatic carbocycles. The third kappa shape index (κ3) is 2.64. The molecule has 1 heterocycles. The van der Waals surface area contributed by atoms with E-state index in [0.717, 1.165) is 23.7 Å². The van der Waals surface area contributed by atoms with E-state index < -0.39 is 0 Å². The maximum atomic E-state index is 12.9. The lowest BCUT2D eigenvalue weighted by Crippen LogP contribution is -2.06. The SMILES string of the molecule is Fc1ccc(-c2ccnc(NCC3CC3)n2)cc1. The Bertz CT molecular complexity index is 535. The van der Waals surface area contributed by atoms with E-state index in [1.807, 2.05) is 6.07 Å². The monoisotopic (exact) mass is 243 g/mol. The van der Waals surface area contributed by atoms with Crippen LogP contribution in [0.1, 0.15) is 12.8 Å². The second-order valence-electron chi connectivity index (χ2n) is 4.60. The number of aromatic nitrogens is 2. The van der Waals surface area contributed by atoms with Gasteiger partial charge in [-0.1, -0.05) is 0 Å². The molecule has 3 nitrogen and oxygen atoms in total. The largest absolute Gasteiger partial charge is 0.354 e. The first-order valence-electron chi connectivity index (χ1n) is 6.14. The van der Waals surface area contributed by atoms with Crippen LogP contribution < -0.4 is 5.32 Å². The van der Waals surface area contributed by atoms with Crippen molar-refractivity contribution >= 4 is 5.95 Å². The van der Waals surface area contributed by atoms with E-state index in [1.165, 1.54) is 25.0 Å². The van der Waals surface area contributed by atoms with Crippen LogP contribution in [0.4, 0.5) is 10.3 Å². The topological polar surface area (TPSA) is 37.8 Å². The van der Waals surface area contributed by atoms with Crippen LogP contribution in [-0.2, 0) is 0 Å². The van der Waals surface area contributed by atoms with Gasteiger partial charge in [0, 0.05) is 18.3 Å². The summed E-state index contributed by atoms with van der Waals surface area (Å²) in [6.45, 7) is 0.937. The average Bonchev–Trinajstić information content (AvgIpc) is 3.22. The zero-order chi connectivity index (χ0) is 12.4. The Labute approximate surface area is 105 Å². The molecule has 0 saturated heterocycles. The van der Waals surface area contributed by atoms with Gasteiger partial charge in [0.1, 0.15) is 5.82 Å². The van der Waals surface area contributed by atoms with Gasteiger partial charge < -0.3 is 5.32 Å². The molecule has 0 aliphatic heterocycles. The molecule has 0 spiro atoms. The van der Waals surface area contributed by atoms with Gasteiger partial charge in [-0.2, -0.15) is 0 Å². The second-order valence-corrected chi connectivity index (χ2v) is 4.60. The van der Waals surface area contributed by atoms with Gasteiger partial charge in [-0.15, -0.1) is 0 Å². The highest BCUT2D eigenvalue weighted by Crippen LogP contribution is 2.28. The number of rotatable bonds is 4. The minimum absolute atomic E-state index is 0.236. The van der Waals surface area contributed by atoms with E-state index in [1.54, 1.807) is 18.3 Å².